The molecule has 0 bridgehead atoms. The summed E-state index contributed by atoms with van der Waals surface area (Å²) >= 11 is 0. The van der Waals surface area contributed by atoms with Gasteiger partial charge in [0.25, 0.3) is 0 Å². The van der Waals surface area contributed by atoms with Crippen LogP contribution in [0, 0.1) is 0 Å². The van der Waals surface area contributed by atoms with Gasteiger partial charge >= 0.3 is 5.76 Å². The Labute approximate surface area is 100 Å². The molecule has 6 nitrogen and oxygen atoms in total. The van der Waals surface area contributed by atoms with E-state index in [1.165, 1.54) is 0 Å². The zero-order valence-corrected chi connectivity index (χ0v) is 10.7. The number of hydrogen-bond acceptors (Lipinski definition) is 4. The molecule has 0 aliphatic rings. The molecule has 1 aromatic rings. The second-order valence-corrected chi connectivity index (χ2v) is 4.97. The van der Waals surface area contributed by atoms with Crippen molar-refractivity contribution in [3.8, 4) is 0 Å². The first-order valence-corrected chi connectivity index (χ1v) is 5.69. The van der Waals surface area contributed by atoms with E-state index in [1.807, 2.05) is 27.7 Å². The number of aromatic nitrogens is 2. The summed E-state index contributed by atoms with van der Waals surface area (Å²) in [5.74, 6) is -0.463. The van der Waals surface area contributed by atoms with E-state index in [9.17, 15) is 9.59 Å². The fourth-order valence-electron chi connectivity index (χ4n) is 1.36. The van der Waals surface area contributed by atoms with Crippen LogP contribution in [0.2, 0.25) is 0 Å². The molecule has 0 saturated heterocycles. The van der Waals surface area contributed by atoms with E-state index >= 15 is 0 Å². The van der Waals surface area contributed by atoms with Crippen molar-refractivity contribution in [2.24, 2.45) is 0 Å². The van der Waals surface area contributed by atoms with Gasteiger partial charge in [-0.05, 0) is 27.2 Å². The summed E-state index contributed by atoms with van der Waals surface area (Å²) in [6, 6.07) is 0. The molecule has 0 aliphatic heterocycles. The van der Waals surface area contributed by atoms with Crippen LogP contribution in [0.1, 0.15) is 40.0 Å². The van der Waals surface area contributed by atoms with Gasteiger partial charge in [0.15, 0.2) is 0 Å². The van der Waals surface area contributed by atoms with E-state index in [0.29, 0.717) is 12.3 Å². The first kappa shape index (κ1) is 13.5. The predicted molar refractivity (Wildman–Crippen MR) is 62.7 cm³/mol. The summed E-state index contributed by atoms with van der Waals surface area (Å²) in [4.78, 5) is 23.0. The molecule has 1 heterocycles. The van der Waals surface area contributed by atoms with Crippen LogP contribution in [0.5, 0.6) is 0 Å². The number of aryl methyl sites for hydroxylation is 1. The van der Waals surface area contributed by atoms with Gasteiger partial charge < -0.3 is 9.73 Å². The molecule has 0 spiro atoms. The fourth-order valence-corrected chi connectivity index (χ4v) is 1.36. The first-order valence-electron chi connectivity index (χ1n) is 5.69. The van der Waals surface area contributed by atoms with Gasteiger partial charge in [-0.25, -0.2) is 4.79 Å². The van der Waals surface area contributed by atoms with Crippen LogP contribution >= 0.6 is 0 Å². The Kier molecular flexibility index (Phi) is 4.09. The lowest BCUT2D eigenvalue weighted by Crippen LogP contribution is -2.43. The molecular weight excluding hydrogens is 222 g/mol. The van der Waals surface area contributed by atoms with Gasteiger partial charge in [-0.2, -0.15) is 4.68 Å². The Bertz CT molecular complexity index is 440. The Hall–Kier alpha value is -1.59. The minimum atomic E-state index is -0.586. The lowest BCUT2D eigenvalue weighted by Gasteiger charge is -2.19. The average Bonchev–Trinajstić information content (AvgIpc) is 2.44. The first-order chi connectivity index (χ1) is 7.81. The molecule has 6 heteroatoms. The molecule has 0 radical (unpaired) electrons. The zero-order chi connectivity index (χ0) is 13.1. The lowest BCUT2D eigenvalue weighted by molar-refractivity contribution is -0.123. The highest BCUT2D eigenvalue weighted by molar-refractivity contribution is 5.76. The second-order valence-electron chi connectivity index (χ2n) is 4.97. The van der Waals surface area contributed by atoms with Gasteiger partial charge in [0, 0.05) is 12.0 Å². The maximum Gasteiger partial charge on any atom is 0.437 e. The van der Waals surface area contributed by atoms with Crippen LogP contribution < -0.4 is 11.1 Å². The third-order valence-electron chi connectivity index (χ3n) is 1.92. The SMILES string of the molecule is CCCc1nn(CC(=O)NC(C)(C)C)c(=O)o1. The maximum absolute atomic E-state index is 11.6. The smallest absolute Gasteiger partial charge is 0.392 e. The van der Waals surface area contributed by atoms with Crippen molar-refractivity contribution in [1.82, 2.24) is 15.1 Å². The number of carbonyl (C=O) groups is 1. The molecular formula is C11H19N3O3. The summed E-state index contributed by atoms with van der Waals surface area (Å²) in [5, 5.41) is 6.70. The monoisotopic (exact) mass is 241 g/mol. The topological polar surface area (TPSA) is 77.1 Å². The molecule has 0 atom stereocenters. The van der Waals surface area contributed by atoms with E-state index in [1.54, 1.807) is 0 Å². The molecule has 0 saturated carbocycles. The number of carbonyl (C=O) groups excluding carboxylic acids is 1. The fraction of sp³-hybridized carbons (Fsp3) is 0.727. The molecule has 1 aromatic heterocycles. The van der Waals surface area contributed by atoms with Crippen molar-refractivity contribution in [2.75, 3.05) is 0 Å². The molecule has 17 heavy (non-hydrogen) atoms. The number of rotatable bonds is 4. The standard InChI is InChI=1S/C11H19N3O3/c1-5-6-9-13-14(10(16)17-9)7-8(15)12-11(2,3)4/h5-7H2,1-4H3,(H,12,15). The van der Waals surface area contributed by atoms with Crippen LogP contribution in [0.4, 0.5) is 0 Å². The van der Waals surface area contributed by atoms with E-state index < -0.39 is 5.76 Å². The summed E-state index contributed by atoms with van der Waals surface area (Å²) in [5.41, 5.74) is -0.323. The van der Waals surface area contributed by atoms with Crippen molar-refractivity contribution in [3.05, 3.63) is 16.4 Å². The van der Waals surface area contributed by atoms with Gasteiger partial charge in [-0.1, -0.05) is 6.92 Å². The molecule has 0 aromatic carbocycles. The van der Waals surface area contributed by atoms with Crippen LogP contribution in [0.15, 0.2) is 9.21 Å². The Balaban J connectivity index is 2.68. The molecule has 1 rings (SSSR count). The molecule has 96 valence electrons. The predicted octanol–water partition coefficient (Wildman–Crippen LogP) is 0.703. The third-order valence-corrected chi connectivity index (χ3v) is 1.92. The number of nitrogens with zero attached hydrogens (tertiary/aromatic N) is 2. The Morgan fingerprint density at radius 1 is 1.47 bits per heavy atom. The van der Waals surface area contributed by atoms with Gasteiger partial charge in [0.2, 0.25) is 11.8 Å². The van der Waals surface area contributed by atoms with Crippen LogP contribution in [-0.4, -0.2) is 21.2 Å². The van der Waals surface area contributed by atoms with Crippen LogP contribution in [0.3, 0.4) is 0 Å². The minimum Gasteiger partial charge on any atom is -0.392 e. The maximum atomic E-state index is 11.6. The summed E-state index contributed by atoms with van der Waals surface area (Å²) in [6.07, 6.45) is 1.44. The van der Waals surface area contributed by atoms with Gasteiger partial charge in [0.05, 0.1) is 0 Å². The normalized spacial score (nSPS) is 11.5. The molecule has 0 fully saturated rings. The highest BCUT2D eigenvalue weighted by Crippen LogP contribution is 1.99. The second kappa shape index (κ2) is 5.16. The van der Waals surface area contributed by atoms with Crippen molar-refractivity contribution >= 4 is 5.91 Å². The molecule has 1 N–H and O–H groups in total. The van der Waals surface area contributed by atoms with Crippen molar-refractivity contribution in [1.29, 1.82) is 0 Å². The highest BCUT2D eigenvalue weighted by Gasteiger charge is 2.16. The van der Waals surface area contributed by atoms with E-state index in [4.69, 9.17) is 4.42 Å². The van der Waals surface area contributed by atoms with Crippen LogP contribution in [-0.2, 0) is 17.8 Å². The van der Waals surface area contributed by atoms with Crippen molar-refractivity contribution < 1.29 is 9.21 Å². The van der Waals surface area contributed by atoms with Crippen LogP contribution in [0.25, 0.3) is 0 Å². The third kappa shape index (κ3) is 4.42. The van der Waals surface area contributed by atoms with Crippen molar-refractivity contribution in [2.45, 2.75) is 52.6 Å². The number of hydrogen-bond donors (Lipinski definition) is 1. The minimum absolute atomic E-state index is 0.108. The van der Waals surface area contributed by atoms with Gasteiger partial charge in [0.1, 0.15) is 6.54 Å². The van der Waals surface area contributed by atoms with E-state index in [2.05, 4.69) is 10.4 Å². The summed E-state index contributed by atoms with van der Waals surface area (Å²) in [7, 11) is 0. The average molecular weight is 241 g/mol. The van der Waals surface area contributed by atoms with Gasteiger partial charge in [-0.15, -0.1) is 5.10 Å². The Morgan fingerprint density at radius 2 is 2.12 bits per heavy atom. The highest BCUT2D eigenvalue weighted by atomic mass is 16.4. The quantitative estimate of drug-likeness (QED) is 0.842. The van der Waals surface area contributed by atoms with Gasteiger partial charge in [-0.3, -0.25) is 4.79 Å². The molecule has 1 amide bonds. The zero-order valence-electron chi connectivity index (χ0n) is 10.7. The summed E-state index contributed by atoms with van der Waals surface area (Å²) in [6.45, 7) is 7.48. The molecule has 0 unspecified atom stereocenters. The number of nitrogens with one attached hydrogen (secondary N) is 1. The number of amides is 1. The Morgan fingerprint density at radius 3 is 2.65 bits per heavy atom. The van der Waals surface area contributed by atoms with E-state index in [-0.39, 0.29) is 18.0 Å². The summed E-state index contributed by atoms with van der Waals surface area (Å²) < 4.78 is 5.95. The van der Waals surface area contributed by atoms with E-state index in [0.717, 1.165) is 11.1 Å². The largest absolute Gasteiger partial charge is 0.437 e. The lowest BCUT2D eigenvalue weighted by atomic mass is 10.1. The van der Waals surface area contributed by atoms with Crippen molar-refractivity contribution in [3.63, 3.8) is 0 Å². The molecule has 0 aliphatic carbocycles.